The molecular weight excluding hydrogens is 393 g/mol. The Morgan fingerprint density at radius 3 is 3.08 bits per heavy atom. The van der Waals surface area contributed by atoms with Crippen LogP contribution in [0.25, 0.3) is 0 Å². The van der Waals surface area contributed by atoms with Gasteiger partial charge in [0.2, 0.25) is 0 Å². The fourth-order valence-electron chi connectivity index (χ4n) is 1.04. The summed E-state index contributed by atoms with van der Waals surface area (Å²) in [4.78, 5) is 0. The van der Waals surface area contributed by atoms with Gasteiger partial charge in [-0.2, -0.15) is 0 Å². The Bertz CT molecular complexity index is 158. The molecule has 0 N–H and O–H groups in total. The first kappa shape index (κ1) is 11.6. The number of halogens is 1. The second-order valence-corrected chi connectivity index (χ2v) is 10.4. The molecule has 1 fully saturated rings. The molecule has 0 aromatic rings. The van der Waals surface area contributed by atoms with Crippen LogP contribution in [0.1, 0.15) is 32.6 Å². The van der Waals surface area contributed by atoms with Crippen molar-refractivity contribution in [2.75, 3.05) is 0 Å². The summed E-state index contributed by atoms with van der Waals surface area (Å²) >= 11 is 4.33. The molecule has 0 aliphatic carbocycles. The van der Waals surface area contributed by atoms with Crippen molar-refractivity contribution in [2.24, 2.45) is 0 Å². The first-order chi connectivity index (χ1) is 5.84. The first-order valence-electron chi connectivity index (χ1n) is 4.49. The molecule has 1 heterocycles. The van der Waals surface area contributed by atoms with Crippen LogP contribution in [0.3, 0.4) is 0 Å². The second-order valence-electron chi connectivity index (χ2n) is 2.85. The predicted octanol–water partition coefficient (Wildman–Crippen LogP) is 3.43. The van der Waals surface area contributed by atoms with Crippen LogP contribution in [0.15, 0.2) is 6.95 Å². The molecule has 0 bridgehead atoms. The van der Waals surface area contributed by atoms with E-state index in [2.05, 4.69) is 29.5 Å². The van der Waals surface area contributed by atoms with Gasteiger partial charge in [0.15, 0.2) is 0 Å². The van der Waals surface area contributed by atoms with Crippen molar-refractivity contribution in [3.05, 3.63) is 6.95 Å². The SMILES string of the molecule is CCCC[Se]/C(I)=C1/CCC[Se]1. The minimum atomic E-state index is 0.831. The number of rotatable bonds is 4. The Kier molecular flexibility index (Phi) is 6.65. The molecule has 12 heavy (non-hydrogen) atoms. The molecule has 0 aromatic carbocycles. The third kappa shape index (κ3) is 4.15. The molecule has 1 rings (SSSR count). The van der Waals surface area contributed by atoms with Crippen molar-refractivity contribution in [1.29, 1.82) is 0 Å². The molecule has 70 valence electrons. The molecule has 0 amide bonds. The summed E-state index contributed by atoms with van der Waals surface area (Å²) in [5, 5.41) is 2.99. The fraction of sp³-hybridized carbons (Fsp3) is 0.778. The summed E-state index contributed by atoms with van der Waals surface area (Å²) < 4.78 is 3.63. The van der Waals surface area contributed by atoms with Crippen LogP contribution < -0.4 is 0 Å². The van der Waals surface area contributed by atoms with E-state index in [0.717, 1.165) is 29.9 Å². The van der Waals surface area contributed by atoms with Crippen LogP contribution in [-0.2, 0) is 0 Å². The van der Waals surface area contributed by atoms with Crippen molar-refractivity contribution in [1.82, 2.24) is 0 Å². The van der Waals surface area contributed by atoms with E-state index in [9.17, 15) is 0 Å². The van der Waals surface area contributed by atoms with Gasteiger partial charge in [0.1, 0.15) is 0 Å². The number of allylic oxidation sites excluding steroid dienone is 1. The normalized spacial score (nSPS) is 21.5. The summed E-state index contributed by atoms with van der Waals surface area (Å²) in [6, 6.07) is 0. The Morgan fingerprint density at radius 1 is 1.67 bits per heavy atom. The zero-order valence-electron chi connectivity index (χ0n) is 7.44. The van der Waals surface area contributed by atoms with Gasteiger partial charge in [-0.3, -0.25) is 0 Å². The summed E-state index contributed by atoms with van der Waals surface area (Å²) in [6.45, 7) is 2.29. The Balaban J connectivity index is 2.25. The van der Waals surface area contributed by atoms with Gasteiger partial charge in [-0.1, -0.05) is 0 Å². The van der Waals surface area contributed by atoms with Crippen molar-refractivity contribution in [2.45, 2.75) is 43.2 Å². The minimum absolute atomic E-state index is 0.831. The molecule has 0 spiro atoms. The maximum absolute atomic E-state index is 2.61. The molecule has 3 heteroatoms. The van der Waals surface area contributed by atoms with Gasteiger partial charge >= 0.3 is 103 Å². The van der Waals surface area contributed by atoms with Gasteiger partial charge in [-0.25, -0.2) is 0 Å². The van der Waals surface area contributed by atoms with Crippen LogP contribution in [0, 0.1) is 0 Å². The van der Waals surface area contributed by atoms with Gasteiger partial charge in [0, 0.05) is 0 Å². The molecule has 0 atom stereocenters. The fourth-order valence-corrected chi connectivity index (χ4v) is 8.35. The Labute approximate surface area is 102 Å². The maximum atomic E-state index is 2.61. The zero-order chi connectivity index (χ0) is 8.81. The second kappa shape index (κ2) is 6.89. The van der Waals surface area contributed by atoms with E-state index in [-0.39, 0.29) is 0 Å². The summed E-state index contributed by atoms with van der Waals surface area (Å²) in [6.07, 6.45) is 5.72. The van der Waals surface area contributed by atoms with E-state index < -0.39 is 0 Å². The van der Waals surface area contributed by atoms with Crippen molar-refractivity contribution in [3.8, 4) is 0 Å². The number of unbranched alkanes of at least 4 members (excludes halogenated alkanes) is 1. The Hall–Kier alpha value is 1.51. The van der Waals surface area contributed by atoms with Gasteiger partial charge in [0.05, 0.1) is 0 Å². The van der Waals surface area contributed by atoms with E-state index in [1.165, 1.54) is 36.3 Å². The zero-order valence-corrected chi connectivity index (χ0v) is 13.0. The van der Waals surface area contributed by atoms with Crippen molar-refractivity contribution >= 4 is 52.5 Å². The van der Waals surface area contributed by atoms with Crippen LogP contribution >= 0.6 is 22.6 Å². The van der Waals surface area contributed by atoms with Gasteiger partial charge in [0.25, 0.3) is 0 Å². The standard InChI is InChI=1S/C9H15ISe2/c1-2-3-6-12-9(10)8-5-4-7-11-8/h2-7H2,1H3/b9-8-. The van der Waals surface area contributed by atoms with E-state index in [4.69, 9.17) is 0 Å². The third-order valence-corrected chi connectivity index (χ3v) is 10.2. The molecule has 0 unspecified atom stereocenters. The first-order valence-corrected chi connectivity index (χ1v) is 9.70. The number of hydrogen-bond donors (Lipinski definition) is 0. The summed E-state index contributed by atoms with van der Waals surface area (Å²) in [5.41, 5.74) is 0. The van der Waals surface area contributed by atoms with Crippen LogP contribution in [0.5, 0.6) is 0 Å². The third-order valence-electron chi connectivity index (χ3n) is 1.77. The van der Waals surface area contributed by atoms with E-state index >= 15 is 0 Å². The molecule has 1 saturated heterocycles. The molecule has 0 nitrogen and oxygen atoms in total. The van der Waals surface area contributed by atoms with Gasteiger partial charge < -0.3 is 0 Å². The van der Waals surface area contributed by atoms with E-state index in [0.29, 0.717) is 0 Å². The van der Waals surface area contributed by atoms with E-state index in [1.807, 2.05) is 4.47 Å². The molecule has 1 aliphatic heterocycles. The molecule has 0 saturated carbocycles. The quantitative estimate of drug-likeness (QED) is 0.380. The topological polar surface area (TPSA) is 0 Å². The molecule has 0 radical (unpaired) electrons. The summed E-state index contributed by atoms with van der Waals surface area (Å²) in [7, 11) is 0. The predicted molar refractivity (Wildman–Crippen MR) is 66.3 cm³/mol. The van der Waals surface area contributed by atoms with Crippen LogP contribution in [0.2, 0.25) is 10.6 Å². The average Bonchev–Trinajstić information content (AvgIpc) is 2.56. The van der Waals surface area contributed by atoms with E-state index in [1.54, 1.807) is 2.48 Å². The van der Waals surface area contributed by atoms with Crippen molar-refractivity contribution in [3.63, 3.8) is 0 Å². The molecular formula is C9H15ISe2. The molecule has 0 aromatic heterocycles. The Morgan fingerprint density at radius 2 is 2.50 bits per heavy atom. The van der Waals surface area contributed by atoms with Crippen molar-refractivity contribution < 1.29 is 0 Å². The van der Waals surface area contributed by atoms with Crippen LogP contribution in [0.4, 0.5) is 0 Å². The van der Waals surface area contributed by atoms with Gasteiger partial charge in [-0.05, 0) is 0 Å². The van der Waals surface area contributed by atoms with Crippen LogP contribution in [-0.4, -0.2) is 29.9 Å². The van der Waals surface area contributed by atoms with Gasteiger partial charge in [-0.15, -0.1) is 0 Å². The number of hydrogen-bond acceptors (Lipinski definition) is 0. The monoisotopic (exact) mass is 410 g/mol. The average molecular weight is 408 g/mol. The summed E-state index contributed by atoms with van der Waals surface area (Å²) in [5.74, 6) is 0. The molecule has 1 aliphatic rings.